The average Bonchev–Trinajstić information content (AvgIpc) is 3.15. The normalized spacial score (nSPS) is 15.5. The first-order chi connectivity index (χ1) is 14.8. The Labute approximate surface area is 189 Å². The zero-order valence-corrected chi connectivity index (χ0v) is 18.3. The highest BCUT2D eigenvalue weighted by Crippen LogP contribution is 2.36. The second-order valence-electron chi connectivity index (χ2n) is 6.72. The van der Waals surface area contributed by atoms with Gasteiger partial charge in [-0.1, -0.05) is 23.2 Å². The molecule has 1 N–H and O–H groups in total. The molecule has 0 radical (unpaired) electrons. The van der Waals surface area contributed by atoms with Crippen LogP contribution in [0, 0.1) is 5.92 Å². The van der Waals surface area contributed by atoms with Gasteiger partial charge in [0.2, 0.25) is 5.91 Å². The van der Waals surface area contributed by atoms with Crippen LogP contribution in [0.25, 0.3) is 0 Å². The van der Waals surface area contributed by atoms with Crippen LogP contribution < -0.4 is 19.7 Å². The van der Waals surface area contributed by atoms with Gasteiger partial charge in [0.05, 0.1) is 36.5 Å². The lowest BCUT2D eigenvalue weighted by molar-refractivity contribution is -0.151. The lowest BCUT2D eigenvalue weighted by Gasteiger charge is -2.20. The molecule has 10 heteroatoms. The SMILES string of the molecule is COc1ccc(N2C[C@H](C(=O)OCC(=O)Nc3ccc(Cl)cc3Cl)CC2=O)c(OC)c1. The Hall–Kier alpha value is -2.97. The minimum atomic E-state index is -0.703. The predicted octanol–water partition coefficient (Wildman–Crippen LogP) is 3.55. The number of carbonyl (C=O) groups excluding carboxylic acids is 3. The topological polar surface area (TPSA) is 94.2 Å². The Morgan fingerprint density at radius 3 is 2.58 bits per heavy atom. The molecule has 0 bridgehead atoms. The highest BCUT2D eigenvalue weighted by molar-refractivity contribution is 6.36. The summed E-state index contributed by atoms with van der Waals surface area (Å²) in [6.45, 7) is -0.390. The van der Waals surface area contributed by atoms with Crippen molar-refractivity contribution in [1.82, 2.24) is 0 Å². The fraction of sp³-hybridized carbons (Fsp3) is 0.286. The van der Waals surface area contributed by atoms with Gasteiger partial charge in [-0.25, -0.2) is 0 Å². The summed E-state index contributed by atoms with van der Waals surface area (Å²) in [6, 6.07) is 9.63. The van der Waals surface area contributed by atoms with Gasteiger partial charge in [0.15, 0.2) is 6.61 Å². The van der Waals surface area contributed by atoms with Crippen molar-refractivity contribution in [2.24, 2.45) is 5.92 Å². The van der Waals surface area contributed by atoms with Crippen molar-refractivity contribution in [2.45, 2.75) is 6.42 Å². The number of nitrogens with one attached hydrogen (secondary N) is 1. The molecule has 1 atom stereocenters. The van der Waals surface area contributed by atoms with Gasteiger partial charge in [-0.15, -0.1) is 0 Å². The van der Waals surface area contributed by atoms with E-state index in [-0.39, 0.29) is 23.9 Å². The number of halogens is 2. The largest absolute Gasteiger partial charge is 0.497 e. The molecular weight excluding hydrogens is 447 g/mol. The van der Waals surface area contributed by atoms with Crippen LogP contribution in [0.4, 0.5) is 11.4 Å². The van der Waals surface area contributed by atoms with Gasteiger partial charge in [-0.2, -0.15) is 0 Å². The van der Waals surface area contributed by atoms with Crippen molar-refractivity contribution in [3.05, 3.63) is 46.4 Å². The first kappa shape index (κ1) is 22.7. The number of carbonyl (C=O) groups is 3. The lowest BCUT2D eigenvalue weighted by Crippen LogP contribution is -2.28. The maximum Gasteiger partial charge on any atom is 0.311 e. The number of hydrogen-bond acceptors (Lipinski definition) is 6. The van der Waals surface area contributed by atoms with Gasteiger partial charge in [-0.05, 0) is 30.3 Å². The van der Waals surface area contributed by atoms with Gasteiger partial charge >= 0.3 is 5.97 Å². The summed E-state index contributed by atoms with van der Waals surface area (Å²) in [5, 5.41) is 3.23. The van der Waals surface area contributed by atoms with E-state index < -0.39 is 24.4 Å². The predicted molar refractivity (Wildman–Crippen MR) is 116 cm³/mol. The zero-order chi connectivity index (χ0) is 22.5. The molecule has 0 aliphatic carbocycles. The van der Waals surface area contributed by atoms with Crippen LogP contribution in [0.5, 0.6) is 11.5 Å². The molecule has 164 valence electrons. The van der Waals surface area contributed by atoms with Crippen LogP contribution >= 0.6 is 23.2 Å². The van der Waals surface area contributed by atoms with Crippen LogP contribution in [0.15, 0.2) is 36.4 Å². The molecule has 1 fully saturated rings. The first-order valence-electron chi connectivity index (χ1n) is 9.26. The summed E-state index contributed by atoms with van der Waals surface area (Å²) >= 11 is 11.8. The molecule has 1 aliphatic heterocycles. The summed E-state index contributed by atoms with van der Waals surface area (Å²) in [5.41, 5.74) is 0.875. The monoisotopic (exact) mass is 466 g/mol. The third kappa shape index (κ3) is 5.39. The molecule has 2 aromatic rings. The summed E-state index contributed by atoms with van der Waals surface area (Å²) in [6.07, 6.45) is -0.0291. The van der Waals surface area contributed by atoms with Crippen LogP contribution in [-0.4, -0.2) is 45.2 Å². The molecule has 1 heterocycles. The minimum Gasteiger partial charge on any atom is -0.497 e. The number of methoxy groups -OCH3 is 2. The zero-order valence-electron chi connectivity index (χ0n) is 16.8. The fourth-order valence-electron chi connectivity index (χ4n) is 3.14. The van der Waals surface area contributed by atoms with E-state index in [4.69, 9.17) is 37.4 Å². The van der Waals surface area contributed by atoms with Crippen LogP contribution in [0.2, 0.25) is 10.0 Å². The first-order valence-corrected chi connectivity index (χ1v) is 10.0. The maximum absolute atomic E-state index is 12.5. The molecule has 8 nitrogen and oxygen atoms in total. The number of ether oxygens (including phenoxy) is 3. The Balaban J connectivity index is 1.58. The van der Waals surface area contributed by atoms with E-state index in [1.54, 1.807) is 30.3 Å². The average molecular weight is 467 g/mol. The summed E-state index contributed by atoms with van der Waals surface area (Å²) < 4.78 is 15.6. The van der Waals surface area contributed by atoms with Crippen LogP contribution in [0.3, 0.4) is 0 Å². The molecule has 0 unspecified atom stereocenters. The summed E-state index contributed by atoms with van der Waals surface area (Å²) in [7, 11) is 3.01. The van der Waals surface area contributed by atoms with Gasteiger partial charge in [-0.3, -0.25) is 14.4 Å². The molecule has 3 rings (SSSR count). The molecule has 2 aromatic carbocycles. The van der Waals surface area contributed by atoms with Gasteiger partial charge in [0, 0.05) is 24.1 Å². The van der Waals surface area contributed by atoms with Crippen molar-refractivity contribution < 1.29 is 28.6 Å². The Morgan fingerprint density at radius 2 is 1.90 bits per heavy atom. The molecular formula is C21H20Cl2N2O6. The van der Waals surface area contributed by atoms with E-state index in [2.05, 4.69) is 5.32 Å². The van der Waals surface area contributed by atoms with Gasteiger partial charge < -0.3 is 24.4 Å². The number of esters is 1. The maximum atomic E-state index is 12.5. The van der Waals surface area contributed by atoms with Gasteiger partial charge in [0.1, 0.15) is 11.5 Å². The van der Waals surface area contributed by atoms with Crippen molar-refractivity contribution in [3.8, 4) is 11.5 Å². The molecule has 31 heavy (non-hydrogen) atoms. The van der Waals surface area contributed by atoms with Crippen molar-refractivity contribution in [3.63, 3.8) is 0 Å². The van der Waals surface area contributed by atoms with E-state index >= 15 is 0 Å². The van der Waals surface area contributed by atoms with E-state index in [0.29, 0.717) is 27.9 Å². The van der Waals surface area contributed by atoms with E-state index in [1.807, 2.05) is 0 Å². The van der Waals surface area contributed by atoms with E-state index in [9.17, 15) is 14.4 Å². The third-order valence-corrected chi connectivity index (χ3v) is 5.23. The molecule has 2 amide bonds. The molecule has 0 aromatic heterocycles. The molecule has 1 aliphatic rings. The van der Waals surface area contributed by atoms with Crippen molar-refractivity contribution >= 4 is 52.4 Å². The standard InChI is InChI=1S/C21H20Cl2N2O6/c1-29-14-4-6-17(18(9-14)30-2)25-10-12(7-20(25)27)21(28)31-11-19(26)24-16-5-3-13(22)8-15(16)23/h3-6,8-9,12H,7,10-11H2,1-2H3,(H,24,26)/t12-/m1/s1. The van der Waals surface area contributed by atoms with Crippen LogP contribution in [-0.2, 0) is 19.1 Å². The van der Waals surface area contributed by atoms with Crippen LogP contribution in [0.1, 0.15) is 6.42 Å². The number of amides is 2. The van der Waals surface area contributed by atoms with E-state index in [1.165, 1.54) is 25.2 Å². The molecule has 0 saturated carbocycles. The molecule has 1 saturated heterocycles. The fourth-order valence-corrected chi connectivity index (χ4v) is 3.59. The molecule has 0 spiro atoms. The number of anilines is 2. The number of hydrogen-bond donors (Lipinski definition) is 1. The Bertz CT molecular complexity index is 1010. The highest BCUT2D eigenvalue weighted by Gasteiger charge is 2.37. The third-order valence-electron chi connectivity index (χ3n) is 4.69. The highest BCUT2D eigenvalue weighted by atomic mass is 35.5. The second kappa shape index (κ2) is 9.89. The van der Waals surface area contributed by atoms with Gasteiger partial charge in [0.25, 0.3) is 5.91 Å². The quantitative estimate of drug-likeness (QED) is 0.627. The Kier molecular flexibility index (Phi) is 7.25. The van der Waals surface area contributed by atoms with Crippen molar-refractivity contribution in [1.29, 1.82) is 0 Å². The number of rotatable bonds is 7. The lowest BCUT2D eigenvalue weighted by atomic mass is 10.1. The minimum absolute atomic E-state index is 0.0291. The summed E-state index contributed by atoms with van der Waals surface area (Å²) in [5.74, 6) is -1.12. The van der Waals surface area contributed by atoms with Crippen molar-refractivity contribution in [2.75, 3.05) is 37.6 Å². The second-order valence-corrected chi connectivity index (χ2v) is 7.57. The Morgan fingerprint density at radius 1 is 1.13 bits per heavy atom. The number of nitrogens with zero attached hydrogens (tertiary/aromatic N) is 1. The smallest absolute Gasteiger partial charge is 0.311 e. The van der Waals surface area contributed by atoms with E-state index in [0.717, 1.165) is 0 Å². The number of benzene rings is 2. The summed E-state index contributed by atoms with van der Waals surface area (Å²) in [4.78, 5) is 38.4.